The SMILES string of the molecule is Cn1ncc2cc(N)c(-c3cnn(CC(F)(F)F)c3)cc21. The molecule has 2 N–H and O–H groups in total. The topological polar surface area (TPSA) is 61.7 Å². The largest absolute Gasteiger partial charge is 0.408 e. The first-order valence-electron chi connectivity index (χ1n) is 6.14. The van der Waals surface area contributed by atoms with Crippen LogP contribution in [0.25, 0.3) is 22.0 Å². The molecular formula is C13H12F3N5. The Labute approximate surface area is 117 Å². The molecule has 0 unspecified atom stereocenters. The number of nitrogens with zero attached hydrogens (tertiary/aromatic N) is 4. The zero-order valence-electron chi connectivity index (χ0n) is 11.1. The highest BCUT2D eigenvalue weighted by Gasteiger charge is 2.28. The Morgan fingerprint density at radius 2 is 1.95 bits per heavy atom. The standard InChI is InChI=1S/C13H12F3N5/c1-20-12-3-10(11(17)2-8(12)4-18-20)9-5-19-21(6-9)7-13(14,15)16/h2-6H,7,17H2,1H3. The van der Waals surface area contributed by atoms with Crippen LogP contribution in [0.4, 0.5) is 18.9 Å². The Balaban J connectivity index is 2.04. The molecule has 1 aromatic carbocycles. The van der Waals surface area contributed by atoms with E-state index in [9.17, 15) is 13.2 Å². The number of nitrogen functional groups attached to an aromatic ring is 1. The van der Waals surface area contributed by atoms with Gasteiger partial charge in [-0.1, -0.05) is 0 Å². The Morgan fingerprint density at radius 1 is 1.19 bits per heavy atom. The lowest BCUT2D eigenvalue weighted by atomic mass is 10.1. The van der Waals surface area contributed by atoms with Gasteiger partial charge in [0.05, 0.1) is 17.9 Å². The highest BCUT2D eigenvalue weighted by atomic mass is 19.4. The number of aryl methyl sites for hydroxylation is 1. The van der Waals surface area contributed by atoms with E-state index in [0.29, 0.717) is 16.8 Å². The molecule has 0 radical (unpaired) electrons. The molecule has 0 fully saturated rings. The van der Waals surface area contributed by atoms with Gasteiger partial charge in [-0.2, -0.15) is 23.4 Å². The number of aromatic nitrogens is 4. The minimum Gasteiger partial charge on any atom is -0.398 e. The van der Waals surface area contributed by atoms with E-state index in [2.05, 4.69) is 10.2 Å². The summed E-state index contributed by atoms with van der Waals surface area (Å²) in [5, 5.41) is 8.72. The van der Waals surface area contributed by atoms with E-state index in [1.807, 2.05) is 0 Å². The number of hydrogen-bond acceptors (Lipinski definition) is 3. The fraction of sp³-hybridized carbons (Fsp3) is 0.231. The quantitative estimate of drug-likeness (QED) is 0.739. The van der Waals surface area contributed by atoms with E-state index in [-0.39, 0.29) is 0 Å². The molecule has 2 heterocycles. The summed E-state index contributed by atoms with van der Waals surface area (Å²) >= 11 is 0. The molecule has 0 spiro atoms. The first-order chi connectivity index (χ1) is 9.83. The second-order valence-corrected chi connectivity index (χ2v) is 4.81. The van der Waals surface area contributed by atoms with Crippen LogP contribution >= 0.6 is 0 Å². The minimum atomic E-state index is -4.30. The lowest BCUT2D eigenvalue weighted by molar-refractivity contribution is -0.142. The number of hydrogen-bond donors (Lipinski definition) is 1. The Morgan fingerprint density at radius 3 is 2.67 bits per heavy atom. The minimum absolute atomic E-state index is 0.474. The van der Waals surface area contributed by atoms with Gasteiger partial charge in [-0.05, 0) is 12.1 Å². The van der Waals surface area contributed by atoms with Gasteiger partial charge >= 0.3 is 6.18 Å². The molecule has 110 valence electrons. The number of benzene rings is 1. The molecule has 0 saturated heterocycles. The van der Waals surface area contributed by atoms with Gasteiger partial charge < -0.3 is 5.73 Å². The van der Waals surface area contributed by atoms with Crippen molar-refractivity contribution in [2.45, 2.75) is 12.7 Å². The number of halogens is 3. The summed E-state index contributed by atoms with van der Waals surface area (Å²) in [7, 11) is 1.79. The molecular weight excluding hydrogens is 283 g/mol. The zero-order chi connectivity index (χ0) is 15.2. The lowest BCUT2D eigenvalue weighted by Gasteiger charge is -2.06. The van der Waals surface area contributed by atoms with Crippen molar-refractivity contribution in [3.63, 3.8) is 0 Å². The summed E-state index contributed by atoms with van der Waals surface area (Å²) in [6.45, 7) is -1.12. The average molecular weight is 295 g/mol. The smallest absolute Gasteiger partial charge is 0.398 e. The molecule has 2 aromatic heterocycles. The van der Waals surface area contributed by atoms with Crippen LogP contribution in [-0.4, -0.2) is 25.7 Å². The molecule has 5 nitrogen and oxygen atoms in total. The number of anilines is 1. The van der Waals surface area contributed by atoms with Crippen molar-refractivity contribution in [1.82, 2.24) is 19.6 Å². The zero-order valence-corrected chi connectivity index (χ0v) is 11.1. The second kappa shape index (κ2) is 4.51. The number of fused-ring (bicyclic) bond motifs is 1. The fourth-order valence-corrected chi connectivity index (χ4v) is 2.24. The van der Waals surface area contributed by atoms with Crippen molar-refractivity contribution in [3.05, 3.63) is 30.7 Å². The molecule has 0 saturated carbocycles. The van der Waals surface area contributed by atoms with Crippen LogP contribution < -0.4 is 5.73 Å². The molecule has 3 aromatic rings. The lowest BCUT2D eigenvalue weighted by Crippen LogP contribution is -2.17. The first kappa shape index (κ1) is 13.5. The van der Waals surface area contributed by atoms with Crippen LogP contribution in [0.1, 0.15) is 0 Å². The van der Waals surface area contributed by atoms with Gasteiger partial charge in [-0.15, -0.1) is 0 Å². The van der Waals surface area contributed by atoms with E-state index >= 15 is 0 Å². The van der Waals surface area contributed by atoms with Crippen molar-refractivity contribution in [3.8, 4) is 11.1 Å². The summed E-state index contributed by atoms with van der Waals surface area (Å²) in [5.74, 6) is 0. The van der Waals surface area contributed by atoms with Crippen LogP contribution in [0.3, 0.4) is 0 Å². The Bertz CT molecular complexity index is 800. The molecule has 0 aliphatic carbocycles. The van der Waals surface area contributed by atoms with Crippen molar-refractivity contribution in [2.75, 3.05) is 5.73 Å². The normalized spacial score (nSPS) is 12.2. The third kappa shape index (κ3) is 2.56. The van der Waals surface area contributed by atoms with Gasteiger partial charge in [0.2, 0.25) is 0 Å². The highest BCUT2D eigenvalue weighted by molar-refractivity contribution is 5.91. The molecule has 8 heteroatoms. The summed E-state index contributed by atoms with van der Waals surface area (Å²) in [6.07, 6.45) is 0.0877. The summed E-state index contributed by atoms with van der Waals surface area (Å²) in [4.78, 5) is 0. The maximum atomic E-state index is 12.4. The molecule has 0 aliphatic heterocycles. The van der Waals surface area contributed by atoms with Crippen LogP contribution in [0.5, 0.6) is 0 Å². The summed E-state index contributed by atoms with van der Waals surface area (Å²) < 4.78 is 39.6. The molecule has 0 amide bonds. The third-order valence-corrected chi connectivity index (χ3v) is 3.20. The van der Waals surface area contributed by atoms with Gasteiger partial charge in [0.1, 0.15) is 6.54 Å². The monoisotopic (exact) mass is 295 g/mol. The second-order valence-electron chi connectivity index (χ2n) is 4.81. The van der Waals surface area contributed by atoms with Gasteiger partial charge in [0.15, 0.2) is 0 Å². The molecule has 0 atom stereocenters. The van der Waals surface area contributed by atoms with Crippen LogP contribution in [0.15, 0.2) is 30.7 Å². The van der Waals surface area contributed by atoms with Gasteiger partial charge in [0, 0.05) is 35.4 Å². The number of nitrogens with two attached hydrogens (primary N) is 1. The van der Waals surface area contributed by atoms with Crippen molar-refractivity contribution in [2.24, 2.45) is 7.05 Å². The Kier molecular flexibility index (Phi) is 2.89. The predicted molar refractivity (Wildman–Crippen MR) is 72.4 cm³/mol. The number of alkyl halides is 3. The van der Waals surface area contributed by atoms with Gasteiger partial charge in [-0.25, -0.2) is 0 Å². The van der Waals surface area contributed by atoms with Crippen molar-refractivity contribution >= 4 is 16.6 Å². The van der Waals surface area contributed by atoms with Crippen LogP contribution in [0, 0.1) is 0 Å². The van der Waals surface area contributed by atoms with E-state index in [4.69, 9.17) is 5.73 Å². The highest BCUT2D eigenvalue weighted by Crippen LogP contribution is 2.30. The predicted octanol–water partition coefficient (Wildman–Crippen LogP) is 2.58. The van der Waals surface area contributed by atoms with E-state index < -0.39 is 12.7 Å². The molecule has 0 bridgehead atoms. The maximum absolute atomic E-state index is 12.4. The first-order valence-corrected chi connectivity index (χ1v) is 6.14. The molecule has 21 heavy (non-hydrogen) atoms. The van der Waals surface area contributed by atoms with Crippen molar-refractivity contribution in [1.29, 1.82) is 0 Å². The number of rotatable bonds is 2. The third-order valence-electron chi connectivity index (χ3n) is 3.20. The van der Waals surface area contributed by atoms with Crippen LogP contribution in [-0.2, 0) is 13.6 Å². The molecule has 0 aliphatic rings. The maximum Gasteiger partial charge on any atom is 0.408 e. The molecule has 3 rings (SSSR count). The summed E-state index contributed by atoms with van der Waals surface area (Å²) in [6, 6.07) is 3.55. The van der Waals surface area contributed by atoms with Gasteiger partial charge in [-0.3, -0.25) is 9.36 Å². The Hall–Kier alpha value is -2.51. The van der Waals surface area contributed by atoms with E-state index in [0.717, 1.165) is 15.6 Å². The van der Waals surface area contributed by atoms with E-state index in [1.54, 1.807) is 30.1 Å². The average Bonchev–Trinajstić information content (AvgIpc) is 2.94. The van der Waals surface area contributed by atoms with Crippen molar-refractivity contribution < 1.29 is 13.2 Å². The fourth-order valence-electron chi connectivity index (χ4n) is 2.24. The van der Waals surface area contributed by atoms with E-state index in [1.165, 1.54) is 12.4 Å². The van der Waals surface area contributed by atoms with Gasteiger partial charge in [0.25, 0.3) is 0 Å². The summed E-state index contributed by atoms with van der Waals surface area (Å²) in [5.41, 5.74) is 8.47. The van der Waals surface area contributed by atoms with Crippen LogP contribution in [0.2, 0.25) is 0 Å².